The first kappa shape index (κ1) is 16.4. The molecule has 0 N–H and O–H groups in total. The molecule has 0 bridgehead atoms. The van der Waals surface area contributed by atoms with Crippen molar-refractivity contribution >= 4 is 0 Å². The van der Waals surface area contributed by atoms with Gasteiger partial charge in [0, 0.05) is 0 Å². The second-order valence-corrected chi connectivity index (χ2v) is 6.05. The highest BCUT2D eigenvalue weighted by Crippen LogP contribution is 2.44. The molecule has 1 aliphatic heterocycles. The Hall–Kier alpha value is -3.02. The maximum atomic E-state index is 12.8. The van der Waals surface area contributed by atoms with Gasteiger partial charge in [0.25, 0.3) is 0 Å². The third-order valence-electron chi connectivity index (χ3n) is 4.42. The summed E-state index contributed by atoms with van der Waals surface area (Å²) in [6.07, 6.45) is -4.44. The van der Waals surface area contributed by atoms with Crippen molar-refractivity contribution in [3.8, 4) is 28.0 Å². The van der Waals surface area contributed by atoms with Crippen molar-refractivity contribution < 1.29 is 22.3 Å². The second-order valence-electron chi connectivity index (χ2n) is 6.05. The van der Waals surface area contributed by atoms with Crippen LogP contribution in [0.4, 0.5) is 13.2 Å². The van der Waals surface area contributed by atoms with Crippen molar-refractivity contribution in [1.82, 2.24) is 0 Å². The van der Waals surface area contributed by atoms with Gasteiger partial charge >= 0.3 is 11.8 Å². The van der Waals surface area contributed by atoms with Crippen molar-refractivity contribution in [2.45, 2.75) is 19.7 Å². The summed E-state index contributed by atoms with van der Waals surface area (Å²) in [6.45, 7) is 1.95. The second kappa shape index (κ2) is 5.76. The molecule has 1 aliphatic rings. The summed E-state index contributed by atoms with van der Waals surface area (Å²) >= 11 is 0. The minimum Gasteiger partial charge on any atom is -0.487 e. The van der Waals surface area contributed by atoms with Gasteiger partial charge in [-0.3, -0.25) is 0 Å². The van der Waals surface area contributed by atoms with Crippen molar-refractivity contribution in [1.29, 1.82) is 0 Å². The topological polar surface area (TPSA) is 39.4 Å². The molecule has 0 amide bonds. The fourth-order valence-electron chi connectivity index (χ4n) is 3.19. The molecule has 0 aliphatic carbocycles. The van der Waals surface area contributed by atoms with Crippen molar-refractivity contribution in [2.24, 2.45) is 0 Å². The molecule has 2 heterocycles. The lowest BCUT2D eigenvalue weighted by atomic mass is 9.93. The quantitative estimate of drug-likeness (QED) is 0.601. The molecule has 0 fully saturated rings. The van der Waals surface area contributed by atoms with Crippen LogP contribution in [0.3, 0.4) is 0 Å². The molecule has 6 heteroatoms. The molecule has 0 saturated heterocycles. The van der Waals surface area contributed by atoms with Crippen LogP contribution in [0.1, 0.15) is 16.9 Å². The number of rotatable bonds is 1. The lowest BCUT2D eigenvalue weighted by Gasteiger charge is -2.23. The third kappa shape index (κ3) is 2.58. The average Bonchev–Trinajstić information content (AvgIpc) is 2.60. The van der Waals surface area contributed by atoms with Crippen LogP contribution < -0.4 is 10.4 Å². The largest absolute Gasteiger partial charge is 0.487 e. The van der Waals surface area contributed by atoms with E-state index in [-0.39, 0.29) is 12.2 Å². The van der Waals surface area contributed by atoms with Crippen LogP contribution in [0.25, 0.3) is 22.3 Å². The van der Waals surface area contributed by atoms with E-state index in [1.807, 2.05) is 24.3 Å². The summed E-state index contributed by atoms with van der Waals surface area (Å²) in [5.74, 6) is 0.755. The fraction of sp³-hybridized carbons (Fsp3) is 0.150. The molecule has 1 aromatic heterocycles. The summed E-state index contributed by atoms with van der Waals surface area (Å²) in [5.41, 5.74) is 1.54. The normalized spacial score (nSPS) is 12.9. The van der Waals surface area contributed by atoms with Crippen LogP contribution in [-0.2, 0) is 12.8 Å². The first-order chi connectivity index (χ1) is 12.4. The highest BCUT2D eigenvalue weighted by Gasteiger charge is 2.31. The van der Waals surface area contributed by atoms with E-state index >= 15 is 0 Å². The van der Waals surface area contributed by atoms with E-state index in [9.17, 15) is 18.0 Å². The Morgan fingerprint density at radius 3 is 2.35 bits per heavy atom. The molecule has 0 saturated carbocycles. The van der Waals surface area contributed by atoms with E-state index in [0.29, 0.717) is 22.6 Å². The number of halogens is 3. The maximum Gasteiger partial charge on any atom is 0.416 e. The molecule has 2 aromatic carbocycles. The molecule has 3 nitrogen and oxygen atoms in total. The zero-order valence-corrected chi connectivity index (χ0v) is 13.7. The van der Waals surface area contributed by atoms with E-state index in [2.05, 4.69) is 0 Å². The lowest BCUT2D eigenvalue weighted by molar-refractivity contribution is -0.137. The number of ether oxygens (including phenoxy) is 1. The number of hydrogen-bond donors (Lipinski definition) is 0. The van der Waals surface area contributed by atoms with Crippen LogP contribution in [-0.4, -0.2) is 0 Å². The molecule has 4 rings (SSSR count). The predicted octanol–water partition coefficient (Wildman–Crippen LogP) is 5.19. The summed E-state index contributed by atoms with van der Waals surface area (Å²) in [7, 11) is 0. The molecule has 0 radical (unpaired) electrons. The molecule has 0 spiro atoms. The van der Waals surface area contributed by atoms with Gasteiger partial charge in [0.1, 0.15) is 23.7 Å². The zero-order valence-electron chi connectivity index (χ0n) is 13.7. The van der Waals surface area contributed by atoms with E-state index in [4.69, 9.17) is 9.15 Å². The highest BCUT2D eigenvalue weighted by molar-refractivity contribution is 5.84. The molecule has 3 aromatic rings. The fourth-order valence-corrected chi connectivity index (χ4v) is 3.19. The standard InChI is InChI=1S/C20H13F3O3/c1-11-16-15-5-3-2-4-13(15)10-25-18(16)17(19(24)26-11)12-6-8-14(9-7-12)20(21,22)23/h2-9H,10H2,1H3. The number of benzene rings is 2. The zero-order chi connectivity index (χ0) is 18.5. The van der Waals surface area contributed by atoms with E-state index in [1.165, 1.54) is 12.1 Å². The van der Waals surface area contributed by atoms with Crippen molar-refractivity contribution in [3.05, 3.63) is 75.8 Å². The maximum absolute atomic E-state index is 12.8. The van der Waals surface area contributed by atoms with Gasteiger partial charge in [-0.2, -0.15) is 13.2 Å². The van der Waals surface area contributed by atoms with Gasteiger partial charge in [-0.25, -0.2) is 4.79 Å². The first-order valence-corrected chi connectivity index (χ1v) is 7.92. The summed E-state index contributed by atoms with van der Waals surface area (Å²) < 4.78 is 49.5. The van der Waals surface area contributed by atoms with Crippen LogP contribution in [0.2, 0.25) is 0 Å². The van der Waals surface area contributed by atoms with Crippen molar-refractivity contribution in [3.63, 3.8) is 0 Å². The van der Waals surface area contributed by atoms with Gasteiger partial charge in [-0.1, -0.05) is 36.4 Å². The van der Waals surface area contributed by atoms with Gasteiger partial charge in [0.05, 0.1) is 11.1 Å². The minimum absolute atomic E-state index is 0.133. The Balaban J connectivity index is 1.93. The van der Waals surface area contributed by atoms with Gasteiger partial charge in [-0.05, 0) is 35.7 Å². The van der Waals surface area contributed by atoms with Gasteiger partial charge in [-0.15, -0.1) is 0 Å². The number of hydrogen-bond acceptors (Lipinski definition) is 3. The smallest absolute Gasteiger partial charge is 0.416 e. The van der Waals surface area contributed by atoms with Crippen LogP contribution in [0, 0.1) is 6.92 Å². The van der Waals surface area contributed by atoms with E-state index in [0.717, 1.165) is 23.3 Å². The Labute approximate surface area is 146 Å². The number of fused-ring (bicyclic) bond motifs is 3. The molecular formula is C20H13F3O3. The molecule has 132 valence electrons. The Kier molecular flexibility index (Phi) is 3.64. The summed E-state index contributed by atoms with van der Waals surface area (Å²) in [6, 6.07) is 12.0. The van der Waals surface area contributed by atoms with Crippen LogP contribution >= 0.6 is 0 Å². The average molecular weight is 358 g/mol. The van der Waals surface area contributed by atoms with Crippen LogP contribution in [0.5, 0.6) is 5.75 Å². The highest BCUT2D eigenvalue weighted by atomic mass is 19.4. The predicted molar refractivity (Wildman–Crippen MR) is 89.9 cm³/mol. The number of alkyl halides is 3. The summed E-state index contributed by atoms with van der Waals surface area (Å²) in [5, 5.41) is 0. The van der Waals surface area contributed by atoms with Gasteiger partial charge in [0.15, 0.2) is 0 Å². The van der Waals surface area contributed by atoms with Gasteiger partial charge in [0.2, 0.25) is 0 Å². The number of aryl methyl sites for hydroxylation is 1. The molecular weight excluding hydrogens is 345 g/mol. The van der Waals surface area contributed by atoms with Crippen LogP contribution in [0.15, 0.2) is 57.7 Å². The third-order valence-corrected chi connectivity index (χ3v) is 4.42. The van der Waals surface area contributed by atoms with Crippen molar-refractivity contribution in [2.75, 3.05) is 0 Å². The Bertz CT molecular complexity index is 1050. The molecule has 26 heavy (non-hydrogen) atoms. The molecule has 0 unspecified atom stereocenters. The lowest BCUT2D eigenvalue weighted by Crippen LogP contribution is -2.14. The Morgan fingerprint density at radius 2 is 1.65 bits per heavy atom. The van der Waals surface area contributed by atoms with E-state index < -0.39 is 17.4 Å². The Morgan fingerprint density at radius 1 is 0.962 bits per heavy atom. The SMILES string of the molecule is Cc1oc(=O)c(-c2ccc(C(F)(F)F)cc2)c2c1-c1ccccc1CO2. The minimum atomic E-state index is -4.44. The molecule has 0 atom stereocenters. The summed E-state index contributed by atoms with van der Waals surface area (Å²) in [4.78, 5) is 12.4. The van der Waals surface area contributed by atoms with Gasteiger partial charge < -0.3 is 9.15 Å². The monoisotopic (exact) mass is 358 g/mol. The first-order valence-electron chi connectivity index (χ1n) is 7.92. The van der Waals surface area contributed by atoms with E-state index in [1.54, 1.807) is 6.92 Å².